The molecule has 1 aromatic heterocycles. The van der Waals surface area contributed by atoms with Crippen molar-refractivity contribution in [2.75, 3.05) is 5.01 Å². The van der Waals surface area contributed by atoms with Crippen molar-refractivity contribution in [2.24, 2.45) is 16.8 Å². The van der Waals surface area contributed by atoms with Crippen LogP contribution in [-0.2, 0) is 0 Å². The highest BCUT2D eigenvalue weighted by Gasteiger charge is 2.35. The van der Waals surface area contributed by atoms with Crippen molar-refractivity contribution in [3.8, 4) is 11.1 Å². The molecule has 140 valence electrons. The van der Waals surface area contributed by atoms with Gasteiger partial charge in [-0.05, 0) is 43.2 Å². The van der Waals surface area contributed by atoms with E-state index < -0.39 is 12.1 Å². The number of hydrogen-bond acceptors (Lipinski definition) is 5. The summed E-state index contributed by atoms with van der Waals surface area (Å²) in [7, 11) is 0. The molecule has 2 heterocycles. The Balaban J connectivity index is 1.59. The smallest absolute Gasteiger partial charge is 0.174 e. The Labute approximate surface area is 164 Å². The molecule has 5 heteroatoms. The summed E-state index contributed by atoms with van der Waals surface area (Å²) in [5.74, 6) is -0.529. The molecular weight excluding hydrogens is 348 g/mol. The summed E-state index contributed by atoms with van der Waals surface area (Å²) < 4.78 is 0. The number of nitrogens with two attached hydrogens (primary N) is 1. The molecule has 2 atom stereocenters. The zero-order chi connectivity index (χ0) is 19.7. The van der Waals surface area contributed by atoms with Crippen molar-refractivity contribution < 1.29 is 4.79 Å². The highest BCUT2D eigenvalue weighted by molar-refractivity contribution is 6.08. The zero-order valence-corrected chi connectivity index (χ0v) is 15.9. The summed E-state index contributed by atoms with van der Waals surface area (Å²) in [4.78, 5) is 17.3. The molecule has 1 aliphatic rings. The quantitative estimate of drug-likeness (QED) is 0.706. The number of ketones is 1. The van der Waals surface area contributed by atoms with Crippen molar-refractivity contribution >= 4 is 17.7 Å². The van der Waals surface area contributed by atoms with Crippen LogP contribution in [0.3, 0.4) is 0 Å². The fraction of sp³-hybridized carbons (Fsp3) is 0.174. The van der Waals surface area contributed by atoms with Crippen LogP contribution < -0.4 is 10.7 Å². The summed E-state index contributed by atoms with van der Waals surface area (Å²) in [6.07, 6.45) is 4.64. The van der Waals surface area contributed by atoms with E-state index in [4.69, 9.17) is 5.73 Å². The average Bonchev–Trinajstić information content (AvgIpc) is 3.09. The van der Waals surface area contributed by atoms with E-state index in [1.54, 1.807) is 23.6 Å². The van der Waals surface area contributed by atoms with Gasteiger partial charge in [0.1, 0.15) is 6.17 Å². The van der Waals surface area contributed by atoms with Gasteiger partial charge in [0.25, 0.3) is 0 Å². The molecular formula is C23H22N4O. The molecule has 2 aromatic carbocycles. The summed E-state index contributed by atoms with van der Waals surface area (Å²) in [5, 5.41) is 6.18. The lowest BCUT2D eigenvalue weighted by molar-refractivity contribution is 0.0947. The number of carbonyl (C=O) groups excluding carboxylic acids is 1. The van der Waals surface area contributed by atoms with Gasteiger partial charge in [0.15, 0.2) is 5.78 Å². The molecule has 3 aromatic rings. The minimum absolute atomic E-state index is 0.0331. The molecule has 4 rings (SSSR count). The van der Waals surface area contributed by atoms with Crippen LogP contribution >= 0.6 is 0 Å². The van der Waals surface area contributed by atoms with Crippen molar-refractivity contribution in [2.45, 2.75) is 20.0 Å². The van der Waals surface area contributed by atoms with Gasteiger partial charge in [-0.25, -0.2) is 5.01 Å². The minimum atomic E-state index is -0.532. The number of hydrogen-bond donors (Lipinski definition) is 1. The Morgan fingerprint density at radius 2 is 1.86 bits per heavy atom. The van der Waals surface area contributed by atoms with Crippen molar-refractivity contribution in [3.63, 3.8) is 0 Å². The third-order valence-electron chi connectivity index (χ3n) is 5.05. The van der Waals surface area contributed by atoms with Gasteiger partial charge in [0, 0.05) is 29.7 Å². The Hall–Kier alpha value is -3.31. The predicted molar refractivity (Wildman–Crippen MR) is 112 cm³/mol. The average molecular weight is 370 g/mol. The first kappa shape index (κ1) is 18.1. The number of nitrogens with zero attached hydrogens (tertiary/aromatic N) is 3. The largest absolute Gasteiger partial charge is 0.309 e. The molecule has 0 amide bonds. The zero-order valence-electron chi connectivity index (χ0n) is 15.9. The van der Waals surface area contributed by atoms with Gasteiger partial charge in [-0.3, -0.25) is 9.78 Å². The van der Waals surface area contributed by atoms with E-state index in [2.05, 4.69) is 16.2 Å². The van der Waals surface area contributed by atoms with E-state index in [9.17, 15) is 4.79 Å². The molecule has 0 fully saturated rings. The van der Waals surface area contributed by atoms with Crippen LogP contribution in [0.25, 0.3) is 11.1 Å². The maximum atomic E-state index is 13.1. The van der Waals surface area contributed by atoms with Crippen LogP contribution in [0.4, 0.5) is 5.69 Å². The van der Waals surface area contributed by atoms with E-state index >= 15 is 0 Å². The van der Waals surface area contributed by atoms with Crippen LogP contribution in [0.2, 0.25) is 0 Å². The summed E-state index contributed by atoms with van der Waals surface area (Å²) >= 11 is 0. The first-order chi connectivity index (χ1) is 13.5. The number of Topliss-reactive ketones (excluding diaryl/α,β-unsaturated/α-hetero) is 1. The molecule has 0 radical (unpaired) electrons. The molecule has 0 saturated carbocycles. The van der Waals surface area contributed by atoms with E-state index in [1.165, 1.54) is 5.56 Å². The molecule has 1 aliphatic heterocycles. The van der Waals surface area contributed by atoms with Gasteiger partial charge in [-0.15, -0.1) is 0 Å². The van der Waals surface area contributed by atoms with Gasteiger partial charge >= 0.3 is 0 Å². The number of carbonyl (C=O) groups is 1. The van der Waals surface area contributed by atoms with E-state index in [0.717, 1.165) is 22.4 Å². The third-order valence-corrected chi connectivity index (χ3v) is 5.05. The van der Waals surface area contributed by atoms with Gasteiger partial charge in [0.05, 0.1) is 11.6 Å². The number of anilines is 1. The van der Waals surface area contributed by atoms with E-state index in [-0.39, 0.29) is 5.78 Å². The first-order valence-electron chi connectivity index (χ1n) is 9.25. The topological polar surface area (TPSA) is 71.6 Å². The minimum Gasteiger partial charge on any atom is -0.309 e. The monoisotopic (exact) mass is 370 g/mol. The standard InChI is InChI=1S/C23H22N4O/c1-15-8-9-21(16(2)11-15)27-23(24)20(14-26-27)22(28)18-6-3-5-17(12-18)19-7-4-10-25-13-19/h3-14,20,23H,24H2,1-2H3. The second-order valence-corrected chi connectivity index (χ2v) is 7.10. The second kappa shape index (κ2) is 7.37. The fourth-order valence-corrected chi connectivity index (χ4v) is 3.55. The van der Waals surface area contributed by atoms with Gasteiger partial charge in [-0.1, -0.05) is 42.0 Å². The highest BCUT2D eigenvalue weighted by Crippen LogP contribution is 2.29. The molecule has 0 aliphatic carbocycles. The lowest BCUT2D eigenvalue weighted by atomic mass is 9.94. The lowest BCUT2D eigenvalue weighted by Crippen LogP contribution is -2.43. The van der Waals surface area contributed by atoms with Crippen LogP contribution in [0, 0.1) is 19.8 Å². The highest BCUT2D eigenvalue weighted by atomic mass is 16.1. The summed E-state index contributed by atoms with van der Waals surface area (Å²) in [6.45, 7) is 4.07. The number of rotatable bonds is 4. The lowest BCUT2D eigenvalue weighted by Gasteiger charge is -2.25. The second-order valence-electron chi connectivity index (χ2n) is 7.10. The van der Waals surface area contributed by atoms with Gasteiger partial charge < -0.3 is 5.73 Å². The molecule has 28 heavy (non-hydrogen) atoms. The van der Waals surface area contributed by atoms with Crippen LogP contribution in [0.15, 0.2) is 72.1 Å². The van der Waals surface area contributed by atoms with E-state index in [0.29, 0.717) is 5.56 Å². The van der Waals surface area contributed by atoms with Crippen LogP contribution in [-0.4, -0.2) is 23.1 Å². The third kappa shape index (κ3) is 3.32. The number of aromatic nitrogens is 1. The van der Waals surface area contributed by atoms with E-state index in [1.807, 2.05) is 62.4 Å². The fourth-order valence-electron chi connectivity index (χ4n) is 3.55. The maximum Gasteiger partial charge on any atom is 0.174 e. The SMILES string of the molecule is Cc1ccc(N2N=CC(C(=O)c3cccc(-c4cccnc4)c3)C2N)c(C)c1. The Morgan fingerprint density at radius 1 is 1.04 bits per heavy atom. The van der Waals surface area contributed by atoms with Crippen molar-refractivity contribution in [3.05, 3.63) is 83.7 Å². The first-order valence-corrected chi connectivity index (χ1v) is 9.25. The number of aryl methyl sites for hydroxylation is 2. The number of pyridine rings is 1. The molecule has 2 unspecified atom stereocenters. The molecule has 0 bridgehead atoms. The normalized spacial score (nSPS) is 18.5. The Morgan fingerprint density at radius 3 is 2.61 bits per heavy atom. The maximum absolute atomic E-state index is 13.1. The molecule has 5 nitrogen and oxygen atoms in total. The van der Waals surface area contributed by atoms with Crippen LogP contribution in [0.5, 0.6) is 0 Å². The summed E-state index contributed by atoms with van der Waals surface area (Å²) in [6, 6.07) is 17.5. The number of benzene rings is 2. The number of hydrazone groups is 1. The Kier molecular flexibility index (Phi) is 4.75. The Bertz CT molecular complexity index is 1050. The molecule has 0 saturated heterocycles. The predicted octanol–water partition coefficient (Wildman–Crippen LogP) is 3.96. The summed E-state index contributed by atoms with van der Waals surface area (Å²) in [5.41, 5.74) is 12.2. The van der Waals surface area contributed by atoms with Gasteiger partial charge in [0.2, 0.25) is 0 Å². The molecule has 0 spiro atoms. The molecule has 2 N–H and O–H groups in total. The van der Waals surface area contributed by atoms with Crippen molar-refractivity contribution in [1.82, 2.24) is 4.98 Å². The van der Waals surface area contributed by atoms with Gasteiger partial charge in [-0.2, -0.15) is 5.10 Å². The van der Waals surface area contributed by atoms with Crippen molar-refractivity contribution in [1.29, 1.82) is 0 Å². The van der Waals surface area contributed by atoms with Crippen LogP contribution in [0.1, 0.15) is 21.5 Å².